The first-order valence-electron chi connectivity index (χ1n) is 9.68. The van der Waals surface area contributed by atoms with Crippen molar-refractivity contribution in [1.29, 1.82) is 0 Å². The van der Waals surface area contributed by atoms with Crippen molar-refractivity contribution in [2.75, 3.05) is 26.2 Å². The summed E-state index contributed by atoms with van der Waals surface area (Å²) in [5.41, 5.74) is 0. The highest BCUT2D eigenvalue weighted by atomic mass is 15.3. The third kappa shape index (κ3) is 2.30. The number of piperazine rings is 1. The van der Waals surface area contributed by atoms with Crippen molar-refractivity contribution >= 4 is 0 Å². The van der Waals surface area contributed by atoms with Crippen LogP contribution in [0.15, 0.2) is 24.3 Å². The lowest BCUT2D eigenvalue weighted by atomic mass is 9.54. The fourth-order valence-electron chi connectivity index (χ4n) is 6.70. The maximum atomic E-state index is 2.91. The maximum absolute atomic E-state index is 2.91. The minimum atomic E-state index is 0.672. The molecule has 5 aliphatic carbocycles. The maximum Gasteiger partial charge on any atom is 0.0316 e. The molecule has 2 nitrogen and oxygen atoms in total. The number of hydrogen-bond donors (Lipinski definition) is 0. The van der Waals surface area contributed by atoms with E-state index < -0.39 is 0 Å². The molecular weight excluding hydrogens is 268 g/mol. The molecule has 0 N–H and O–H groups in total. The fraction of sp³-hybridized carbons (Fsp3) is 0.800. The highest BCUT2D eigenvalue weighted by Crippen LogP contribution is 2.55. The molecule has 0 aromatic carbocycles. The van der Waals surface area contributed by atoms with Gasteiger partial charge >= 0.3 is 0 Å². The van der Waals surface area contributed by atoms with Crippen molar-refractivity contribution in [2.24, 2.45) is 23.7 Å². The van der Waals surface area contributed by atoms with Gasteiger partial charge in [0.2, 0.25) is 0 Å². The van der Waals surface area contributed by atoms with Gasteiger partial charge in [0.25, 0.3) is 0 Å². The van der Waals surface area contributed by atoms with E-state index in [-0.39, 0.29) is 0 Å². The summed E-state index contributed by atoms with van der Waals surface area (Å²) in [6, 6.07) is 1.63. The zero-order chi connectivity index (χ0) is 14.5. The first-order chi connectivity index (χ1) is 10.9. The molecule has 0 radical (unpaired) electrons. The summed E-state index contributed by atoms with van der Waals surface area (Å²) < 4.78 is 0. The van der Waals surface area contributed by atoms with E-state index in [1.165, 1.54) is 32.6 Å². The minimum Gasteiger partial charge on any atom is -0.297 e. The molecule has 1 unspecified atom stereocenters. The van der Waals surface area contributed by atoms with Gasteiger partial charge in [-0.05, 0) is 62.2 Å². The molecule has 1 atom stereocenters. The second-order valence-corrected chi connectivity index (χ2v) is 8.61. The second kappa shape index (κ2) is 5.49. The second-order valence-electron chi connectivity index (χ2n) is 8.61. The average molecular weight is 298 g/mol. The van der Waals surface area contributed by atoms with E-state index in [1.807, 2.05) is 0 Å². The van der Waals surface area contributed by atoms with Crippen LogP contribution >= 0.6 is 0 Å². The third-order valence-corrected chi connectivity index (χ3v) is 7.37. The van der Waals surface area contributed by atoms with E-state index in [0.717, 1.165) is 29.7 Å². The highest BCUT2D eigenvalue weighted by Gasteiger charge is 2.50. The van der Waals surface area contributed by atoms with E-state index in [2.05, 4.69) is 34.1 Å². The van der Waals surface area contributed by atoms with Crippen molar-refractivity contribution in [3.63, 3.8) is 0 Å². The minimum absolute atomic E-state index is 0.672. The Balaban J connectivity index is 1.23. The Bertz CT molecular complexity index is 444. The molecule has 5 fully saturated rings. The molecule has 120 valence electrons. The summed E-state index contributed by atoms with van der Waals surface area (Å²) in [7, 11) is 0. The Morgan fingerprint density at radius 2 is 1.32 bits per heavy atom. The molecule has 22 heavy (non-hydrogen) atoms. The summed E-state index contributed by atoms with van der Waals surface area (Å²) in [6.07, 6.45) is 18.2. The number of nitrogens with zero attached hydrogens (tertiary/aromatic N) is 2. The fourth-order valence-corrected chi connectivity index (χ4v) is 6.70. The molecule has 0 amide bonds. The zero-order valence-electron chi connectivity index (χ0n) is 13.7. The van der Waals surface area contributed by atoms with E-state index in [1.54, 1.807) is 32.1 Å². The van der Waals surface area contributed by atoms with Gasteiger partial charge in [0.05, 0.1) is 0 Å². The summed E-state index contributed by atoms with van der Waals surface area (Å²) in [6.45, 7) is 5.21. The monoisotopic (exact) mass is 298 g/mol. The first-order valence-corrected chi connectivity index (χ1v) is 9.68. The quantitative estimate of drug-likeness (QED) is 0.772. The molecular formula is C20H30N2. The van der Waals surface area contributed by atoms with Crippen molar-refractivity contribution in [1.82, 2.24) is 9.80 Å². The summed E-state index contributed by atoms with van der Waals surface area (Å²) in [5.74, 6) is 4.33. The van der Waals surface area contributed by atoms with Crippen LogP contribution in [0.2, 0.25) is 0 Å². The molecule has 1 aliphatic heterocycles. The van der Waals surface area contributed by atoms with Crippen LogP contribution < -0.4 is 0 Å². The van der Waals surface area contributed by atoms with Gasteiger partial charge in [-0.2, -0.15) is 0 Å². The van der Waals surface area contributed by atoms with Crippen LogP contribution in [0.4, 0.5) is 0 Å². The Hall–Kier alpha value is -0.600. The predicted molar refractivity (Wildman–Crippen MR) is 90.7 cm³/mol. The Labute approximate surface area is 135 Å². The lowest BCUT2D eigenvalue weighted by Gasteiger charge is -2.58. The zero-order valence-corrected chi connectivity index (χ0v) is 13.7. The number of rotatable bonds is 2. The van der Waals surface area contributed by atoms with Crippen LogP contribution in [0.3, 0.4) is 0 Å². The van der Waals surface area contributed by atoms with Crippen molar-refractivity contribution in [3.05, 3.63) is 24.3 Å². The molecule has 0 aromatic rings. The molecule has 2 heteroatoms. The standard InChI is InChI=1S/C20H30N2/c1-2-4-19(5-3-1)21-6-8-22(9-7-21)20-17-11-15-10-16(13-17)14-18(20)12-15/h1-4,15-20H,5-14H2. The van der Waals surface area contributed by atoms with Crippen LogP contribution in [0.5, 0.6) is 0 Å². The molecule has 1 saturated heterocycles. The topological polar surface area (TPSA) is 6.48 Å². The Kier molecular flexibility index (Phi) is 3.44. The molecule has 4 saturated carbocycles. The molecule has 1 heterocycles. The van der Waals surface area contributed by atoms with Crippen LogP contribution in [0.1, 0.15) is 38.5 Å². The SMILES string of the molecule is C1=CCC(N2CCN(C3C4CC5CC(C4)CC3C5)CC2)C=C1. The summed E-state index contributed by atoms with van der Waals surface area (Å²) in [4.78, 5) is 5.62. The van der Waals surface area contributed by atoms with Gasteiger partial charge in [0.15, 0.2) is 0 Å². The summed E-state index contributed by atoms with van der Waals surface area (Å²) in [5, 5.41) is 0. The van der Waals surface area contributed by atoms with Gasteiger partial charge < -0.3 is 0 Å². The average Bonchev–Trinajstić information content (AvgIpc) is 2.55. The molecule has 4 bridgehead atoms. The van der Waals surface area contributed by atoms with Crippen LogP contribution in [0.25, 0.3) is 0 Å². The Morgan fingerprint density at radius 1 is 0.682 bits per heavy atom. The van der Waals surface area contributed by atoms with Gasteiger partial charge in [-0.1, -0.05) is 24.3 Å². The highest BCUT2D eigenvalue weighted by molar-refractivity contribution is 5.14. The number of allylic oxidation sites excluding steroid dienone is 2. The molecule has 6 aliphatic rings. The van der Waals surface area contributed by atoms with Gasteiger partial charge in [-0.25, -0.2) is 0 Å². The van der Waals surface area contributed by atoms with Gasteiger partial charge in [-0.3, -0.25) is 9.80 Å². The lowest BCUT2D eigenvalue weighted by Crippen LogP contribution is -2.60. The largest absolute Gasteiger partial charge is 0.297 e. The van der Waals surface area contributed by atoms with E-state index in [0.29, 0.717) is 6.04 Å². The molecule has 6 rings (SSSR count). The third-order valence-electron chi connectivity index (χ3n) is 7.37. The van der Waals surface area contributed by atoms with Gasteiger partial charge in [0, 0.05) is 38.3 Å². The normalized spacial score (nSPS) is 48.2. The van der Waals surface area contributed by atoms with Crippen LogP contribution in [-0.4, -0.2) is 48.1 Å². The van der Waals surface area contributed by atoms with Crippen LogP contribution in [-0.2, 0) is 0 Å². The van der Waals surface area contributed by atoms with Crippen molar-refractivity contribution in [3.8, 4) is 0 Å². The van der Waals surface area contributed by atoms with E-state index >= 15 is 0 Å². The first kappa shape index (κ1) is 13.8. The lowest BCUT2D eigenvalue weighted by molar-refractivity contribution is -0.0778. The predicted octanol–water partition coefficient (Wildman–Crippen LogP) is 3.31. The van der Waals surface area contributed by atoms with E-state index in [4.69, 9.17) is 0 Å². The number of hydrogen-bond acceptors (Lipinski definition) is 2. The van der Waals surface area contributed by atoms with Gasteiger partial charge in [-0.15, -0.1) is 0 Å². The van der Waals surface area contributed by atoms with Crippen molar-refractivity contribution in [2.45, 2.75) is 50.6 Å². The molecule has 0 aromatic heterocycles. The van der Waals surface area contributed by atoms with E-state index in [9.17, 15) is 0 Å². The Morgan fingerprint density at radius 3 is 1.91 bits per heavy atom. The summed E-state index contributed by atoms with van der Waals surface area (Å²) >= 11 is 0. The van der Waals surface area contributed by atoms with Crippen molar-refractivity contribution < 1.29 is 0 Å². The van der Waals surface area contributed by atoms with Gasteiger partial charge in [0.1, 0.15) is 0 Å². The molecule has 0 spiro atoms. The smallest absolute Gasteiger partial charge is 0.0316 e. The van der Waals surface area contributed by atoms with Crippen LogP contribution in [0, 0.1) is 23.7 Å².